The summed E-state index contributed by atoms with van der Waals surface area (Å²) in [6.07, 6.45) is 12.3. The lowest BCUT2D eigenvalue weighted by atomic mass is 9.62. The van der Waals surface area contributed by atoms with Gasteiger partial charge in [0.1, 0.15) is 0 Å². The summed E-state index contributed by atoms with van der Waals surface area (Å²) in [5.74, 6) is 3.69. The maximum Gasteiger partial charge on any atom is 0.192 e. The van der Waals surface area contributed by atoms with Crippen LogP contribution in [0, 0.1) is 35.0 Å². The lowest BCUT2D eigenvalue weighted by Gasteiger charge is -2.49. The van der Waals surface area contributed by atoms with Gasteiger partial charge in [-0.3, -0.25) is 0 Å². The second-order valence-corrected chi connectivity index (χ2v) is 16.7. The van der Waals surface area contributed by atoms with Crippen molar-refractivity contribution in [3.05, 3.63) is 12.2 Å². The molecule has 6 atom stereocenters. The molecule has 0 aliphatic heterocycles. The van der Waals surface area contributed by atoms with Crippen LogP contribution >= 0.6 is 0 Å². The van der Waals surface area contributed by atoms with E-state index >= 15 is 0 Å². The van der Waals surface area contributed by atoms with Crippen molar-refractivity contribution in [1.82, 2.24) is 0 Å². The first-order valence-electron chi connectivity index (χ1n) is 11.7. The number of allylic oxidation sites excluding steroid dienone is 2. The van der Waals surface area contributed by atoms with Crippen molar-refractivity contribution in [3.8, 4) is 0 Å². The van der Waals surface area contributed by atoms with Gasteiger partial charge in [0.2, 0.25) is 0 Å². The van der Waals surface area contributed by atoms with Gasteiger partial charge in [0, 0.05) is 6.10 Å². The molecule has 1 nitrogen and oxygen atoms in total. The fraction of sp³-hybridized carbons (Fsp3) is 0.920. The Balaban J connectivity index is 2.13. The molecule has 2 aliphatic carbocycles. The van der Waals surface area contributed by atoms with Gasteiger partial charge in [-0.1, -0.05) is 74.0 Å². The van der Waals surface area contributed by atoms with Gasteiger partial charge < -0.3 is 4.43 Å². The van der Waals surface area contributed by atoms with Gasteiger partial charge >= 0.3 is 0 Å². The third-order valence-electron chi connectivity index (χ3n) is 8.79. The fourth-order valence-corrected chi connectivity index (χ4v) is 6.82. The van der Waals surface area contributed by atoms with Crippen molar-refractivity contribution in [2.24, 2.45) is 35.0 Å². The van der Waals surface area contributed by atoms with Crippen LogP contribution in [-0.4, -0.2) is 14.4 Å². The van der Waals surface area contributed by atoms with E-state index in [1.165, 1.54) is 32.1 Å². The highest BCUT2D eigenvalue weighted by Crippen LogP contribution is 2.59. The van der Waals surface area contributed by atoms with Crippen LogP contribution in [0.4, 0.5) is 0 Å². The summed E-state index contributed by atoms with van der Waals surface area (Å²) in [6, 6.07) is 0. The van der Waals surface area contributed by atoms with E-state index in [0.717, 1.165) is 17.8 Å². The van der Waals surface area contributed by atoms with Crippen LogP contribution in [0.2, 0.25) is 18.1 Å². The number of hydrogen-bond donors (Lipinski definition) is 0. The monoisotopic (exact) mass is 392 g/mol. The zero-order valence-electron chi connectivity index (χ0n) is 20.1. The molecule has 0 amide bonds. The molecule has 0 bridgehead atoms. The Labute approximate surface area is 171 Å². The highest BCUT2D eigenvalue weighted by atomic mass is 28.4. The molecule has 2 saturated carbocycles. The van der Waals surface area contributed by atoms with E-state index in [1.807, 2.05) is 0 Å². The topological polar surface area (TPSA) is 9.23 Å². The zero-order chi connectivity index (χ0) is 20.6. The molecule has 158 valence electrons. The molecule has 2 rings (SSSR count). The van der Waals surface area contributed by atoms with Crippen LogP contribution in [0.3, 0.4) is 0 Å². The molecule has 0 aromatic heterocycles. The minimum atomic E-state index is -1.69. The summed E-state index contributed by atoms with van der Waals surface area (Å²) in [5, 5.41) is 0.307. The Hall–Kier alpha value is -0.0831. The molecular weight excluding hydrogens is 344 g/mol. The summed E-state index contributed by atoms with van der Waals surface area (Å²) in [4.78, 5) is 0. The van der Waals surface area contributed by atoms with Crippen LogP contribution in [-0.2, 0) is 4.43 Å². The van der Waals surface area contributed by atoms with E-state index in [4.69, 9.17) is 4.43 Å². The first kappa shape index (κ1) is 23.2. The first-order valence-corrected chi connectivity index (χ1v) is 14.6. The van der Waals surface area contributed by atoms with E-state index in [-0.39, 0.29) is 0 Å². The molecule has 0 aromatic carbocycles. The third-order valence-corrected chi connectivity index (χ3v) is 13.3. The minimum Gasteiger partial charge on any atom is -0.414 e. The molecule has 2 heteroatoms. The average Bonchev–Trinajstić information content (AvgIpc) is 2.89. The molecule has 0 aromatic rings. The van der Waals surface area contributed by atoms with Crippen molar-refractivity contribution >= 4 is 8.32 Å². The van der Waals surface area contributed by atoms with E-state index in [9.17, 15) is 0 Å². The van der Waals surface area contributed by atoms with Gasteiger partial charge in [-0.05, 0) is 78.8 Å². The Morgan fingerprint density at radius 3 is 2.19 bits per heavy atom. The summed E-state index contributed by atoms with van der Waals surface area (Å²) in [6.45, 7) is 24.1. The van der Waals surface area contributed by atoms with Gasteiger partial charge in [-0.2, -0.15) is 0 Å². The van der Waals surface area contributed by atoms with Crippen molar-refractivity contribution < 1.29 is 4.43 Å². The van der Waals surface area contributed by atoms with E-state index in [2.05, 4.69) is 80.6 Å². The Kier molecular flexibility index (Phi) is 7.17. The number of fused-ring (bicyclic) bond motifs is 1. The lowest BCUT2D eigenvalue weighted by molar-refractivity contribution is -0.0163. The maximum atomic E-state index is 7.00. The fourth-order valence-electron chi connectivity index (χ4n) is 5.43. The Bertz CT molecular complexity index is 515. The summed E-state index contributed by atoms with van der Waals surface area (Å²) < 4.78 is 7.00. The van der Waals surface area contributed by atoms with Crippen LogP contribution in [0.25, 0.3) is 0 Å². The number of rotatable bonds is 6. The predicted molar refractivity (Wildman–Crippen MR) is 123 cm³/mol. The smallest absolute Gasteiger partial charge is 0.192 e. The Morgan fingerprint density at radius 1 is 1.00 bits per heavy atom. The standard InChI is InChI=1S/C25H48OSi/c1-18(2)19(3)13-14-20(4)21-15-16-22-23(12-11-17-25(21,22)8)26-27(9,10)24(5,6)7/h13-14,18-23H,11-12,15-17H2,1-10H3/b14-13+/t19-,20+,21-,22+,23-,25+/m0/s1. The minimum absolute atomic E-state index is 0.307. The molecule has 0 spiro atoms. The van der Waals surface area contributed by atoms with Crippen LogP contribution in [0.15, 0.2) is 12.2 Å². The van der Waals surface area contributed by atoms with E-state index in [0.29, 0.717) is 28.4 Å². The van der Waals surface area contributed by atoms with Crippen molar-refractivity contribution in [2.75, 3.05) is 0 Å². The molecule has 0 heterocycles. The predicted octanol–water partition coefficient (Wildman–Crippen LogP) is 8.08. The summed E-state index contributed by atoms with van der Waals surface area (Å²) in [7, 11) is -1.69. The molecule has 0 radical (unpaired) electrons. The molecular formula is C25H48OSi. The second kappa shape index (κ2) is 8.34. The third kappa shape index (κ3) is 4.92. The van der Waals surface area contributed by atoms with Gasteiger partial charge in [-0.15, -0.1) is 0 Å². The number of hydrogen-bond acceptors (Lipinski definition) is 1. The van der Waals surface area contributed by atoms with Crippen molar-refractivity contribution in [3.63, 3.8) is 0 Å². The van der Waals surface area contributed by atoms with Crippen LogP contribution < -0.4 is 0 Å². The SMILES string of the molecule is CC(C)[C@@H](C)/C=C/[C@@H](C)[C@@H]1CC[C@@H]2[C@@H](O[Si](C)(C)C(C)(C)C)CCC[C@@]21C. The Morgan fingerprint density at radius 2 is 1.63 bits per heavy atom. The second-order valence-electron chi connectivity index (χ2n) is 12.0. The summed E-state index contributed by atoms with van der Waals surface area (Å²) in [5.41, 5.74) is 0.468. The highest BCUT2D eigenvalue weighted by molar-refractivity contribution is 6.74. The van der Waals surface area contributed by atoms with Crippen LogP contribution in [0.5, 0.6) is 0 Å². The van der Waals surface area contributed by atoms with Crippen molar-refractivity contribution in [2.45, 2.75) is 112 Å². The molecule has 2 fully saturated rings. The molecule has 0 unspecified atom stereocenters. The molecule has 27 heavy (non-hydrogen) atoms. The average molecular weight is 393 g/mol. The molecule has 0 N–H and O–H groups in total. The van der Waals surface area contributed by atoms with E-state index in [1.54, 1.807) is 0 Å². The molecule has 0 saturated heterocycles. The lowest BCUT2D eigenvalue weighted by Crippen LogP contribution is -2.50. The van der Waals surface area contributed by atoms with Crippen LogP contribution in [0.1, 0.15) is 87.5 Å². The normalized spacial score (nSPS) is 34.9. The largest absolute Gasteiger partial charge is 0.414 e. The van der Waals surface area contributed by atoms with Gasteiger partial charge in [-0.25, -0.2) is 0 Å². The quantitative estimate of drug-likeness (QED) is 0.328. The van der Waals surface area contributed by atoms with Gasteiger partial charge in [0.15, 0.2) is 8.32 Å². The first-order chi connectivity index (χ1) is 12.3. The zero-order valence-corrected chi connectivity index (χ0v) is 21.1. The van der Waals surface area contributed by atoms with Gasteiger partial charge in [0.25, 0.3) is 0 Å². The molecule has 2 aliphatic rings. The van der Waals surface area contributed by atoms with E-state index < -0.39 is 8.32 Å². The van der Waals surface area contributed by atoms with Crippen molar-refractivity contribution in [1.29, 1.82) is 0 Å². The maximum absolute atomic E-state index is 7.00. The van der Waals surface area contributed by atoms with Gasteiger partial charge in [0.05, 0.1) is 0 Å². The summed E-state index contributed by atoms with van der Waals surface area (Å²) >= 11 is 0. The highest BCUT2D eigenvalue weighted by Gasteiger charge is 2.54.